The molecule has 4 nitrogen and oxygen atoms in total. The molecule has 1 aromatic carbocycles. The summed E-state index contributed by atoms with van der Waals surface area (Å²) in [6.07, 6.45) is 0. The Morgan fingerprint density at radius 2 is 1.90 bits per heavy atom. The number of hydrogen-bond acceptors (Lipinski definition) is 4. The fourth-order valence-corrected chi connectivity index (χ4v) is 3.70. The zero-order valence-corrected chi connectivity index (χ0v) is 13.4. The molecule has 1 aromatic heterocycles. The van der Waals surface area contributed by atoms with Gasteiger partial charge in [0.15, 0.2) is 0 Å². The predicted molar refractivity (Wildman–Crippen MR) is 83.8 cm³/mol. The number of aryl methyl sites for hydroxylation is 2. The van der Waals surface area contributed by atoms with E-state index in [0.717, 1.165) is 11.3 Å². The van der Waals surface area contributed by atoms with Crippen LogP contribution in [0, 0.1) is 13.8 Å². The van der Waals surface area contributed by atoms with Crippen LogP contribution in [-0.2, 0) is 16.6 Å². The third-order valence-corrected chi connectivity index (χ3v) is 5.57. The van der Waals surface area contributed by atoms with Crippen molar-refractivity contribution in [2.24, 2.45) is 0 Å². The summed E-state index contributed by atoms with van der Waals surface area (Å²) in [6, 6.07) is 9.53. The second-order valence-corrected chi connectivity index (χ2v) is 7.78. The molecule has 108 valence electrons. The second-order valence-electron chi connectivity index (χ2n) is 4.55. The average molecular weight is 310 g/mol. The molecule has 0 bridgehead atoms. The molecule has 0 saturated carbocycles. The molecule has 0 aliphatic carbocycles. The van der Waals surface area contributed by atoms with Crippen LogP contribution < -0.4 is 10.0 Å². The third-order valence-electron chi connectivity index (χ3n) is 3.01. The van der Waals surface area contributed by atoms with E-state index in [-0.39, 0.29) is 0 Å². The maximum atomic E-state index is 11.9. The SMILES string of the molecule is CNS(=O)(=O)c1cc(NCc2ccc(C)s2)ccc1C. The molecule has 0 atom stereocenters. The van der Waals surface area contributed by atoms with Gasteiger partial charge in [0, 0.05) is 22.0 Å². The zero-order chi connectivity index (χ0) is 14.8. The summed E-state index contributed by atoms with van der Waals surface area (Å²) in [5.74, 6) is 0. The lowest BCUT2D eigenvalue weighted by atomic mass is 10.2. The van der Waals surface area contributed by atoms with Crippen molar-refractivity contribution in [2.45, 2.75) is 25.3 Å². The molecule has 0 saturated heterocycles. The molecule has 0 radical (unpaired) electrons. The Bertz CT molecular complexity index is 706. The molecule has 20 heavy (non-hydrogen) atoms. The monoisotopic (exact) mass is 310 g/mol. The Kier molecular flexibility index (Phi) is 4.47. The van der Waals surface area contributed by atoms with E-state index in [1.165, 1.54) is 16.8 Å². The highest BCUT2D eigenvalue weighted by molar-refractivity contribution is 7.89. The molecule has 6 heteroatoms. The largest absolute Gasteiger partial charge is 0.380 e. The third kappa shape index (κ3) is 3.39. The first-order valence-electron chi connectivity index (χ1n) is 6.26. The molecule has 1 heterocycles. The number of benzene rings is 1. The van der Waals surface area contributed by atoms with E-state index in [4.69, 9.17) is 0 Å². The molecular formula is C14H18N2O2S2. The van der Waals surface area contributed by atoms with Crippen LogP contribution in [0.4, 0.5) is 5.69 Å². The minimum Gasteiger partial charge on any atom is -0.380 e. The number of anilines is 1. The number of thiophene rings is 1. The molecule has 2 aromatic rings. The van der Waals surface area contributed by atoms with Gasteiger partial charge in [0.25, 0.3) is 0 Å². The van der Waals surface area contributed by atoms with Crippen molar-refractivity contribution in [3.05, 3.63) is 45.6 Å². The van der Waals surface area contributed by atoms with Gasteiger partial charge < -0.3 is 5.32 Å². The Balaban J connectivity index is 2.19. The summed E-state index contributed by atoms with van der Waals surface area (Å²) in [5.41, 5.74) is 1.53. The van der Waals surface area contributed by atoms with Crippen molar-refractivity contribution in [3.63, 3.8) is 0 Å². The van der Waals surface area contributed by atoms with Crippen molar-refractivity contribution in [1.82, 2.24) is 4.72 Å². The number of nitrogens with one attached hydrogen (secondary N) is 2. The summed E-state index contributed by atoms with van der Waals surface area (Å²) in [4.78, 5) is 2.80. The standard InChI is InChI=1S/C14H18N2O2S2/c1-10-4-6-12(8-14(10)20(17,18)15-3)16-9-13-7-5-11(2)19-13/h4-8,15-16H,9H2,1-3H3. The smallest absolute Gasteiger partial charge is 0.240 e. The van der Waals surface area contributed by atoms with Crippen molar-refractivity contribution >= 4 is 27.0 Å². The maximum Gasteiger partial charge on any atom is 0.240 e. The van der Waals surface area contributed by atoms with E-state index in [2.05, 4.69) is 29.1 Å². The normalized spacial score (nSPS) is 11.6. The van der Waals surface area contributed by atoms with E-state index < -0.39 is 10.0 Å². The van der Waals surface area contributed by atoms with Crippen LogP contribution >= 0.6 is 11.3 Å². The predicted octanol–water partition coefficient (Wildman–Crippen LogP) is 2.89. The fourth-order valence-electron chi connectivity index (χ4n) is 1.88. The highest BCUT2D eigenvalue weighted by Crippen LogP contribution is 2.21. The van der Waals surface area contributed by atoms with E-state index in [1.807, 2.05) is 12.1 Å². The number of hydrogen-bond donors (Lipinski definition) is 2. The van der Waals surface area contributed by atoms with Crippen LogP contribution in [0.5, 0.6) is 0 Å². The van der Waals surface area contributed by atoms with Gasteiger partial charge in [-0.2, -0.15) is 0 Å². The lowest BCUT2D eigenvalue weighted by molar-refractivity contribution is 0.587. The first-order valence-corrected chi connectivity index (χ1v) is 8.56. The van der Waals surface area contributed by atoms with Gasteiger partial charge >= 0.3 is 0 Å². The summed E-state index contributed by atoms with van der Waals surface area (Å²) in [7, 11) is -2.00. The zero-order valence-electron chi connectivity index (χ0n) is 11.7. The lowest BCUT2D eigenvalue weighted by Gasteiger charge is -2.10. The van der Waals surface area contributed by atoms with Gasteiger partial charge in [-0.05, 0) is 50.7 Å². The molecular weight excluding hydrogens is 292 g/mol. The molecule has 0 aliphatic heterocycles. The Hall–Kier alpha value is -1.37. The van der Waals surface area contributed by atoms with Crippen LogP contribution in [0.25, 0.3) is 0 Å². The van der Waals surface area contributed by atoms with Crippen LogP contribution in [-0.4, -0.2) is 15.5 Å². The molecule has 0 aliphatic rings. The minimum absolute atomic E-state index is 0.312. The highest BCUT2D eigenvalue weighted by Gasteiger charge is 2.14. The second kappa shape index (κ2) is 5.95. The Morgan fingerprint density at radius 1 is 1.15 bits per heavy atom. The van der Waals surface area contributed by atoms with E-state index >= 15 is 0 Å². The fraction of sp³-hybridized carbons (Fsp3) is 0.286. The number of sulfonamides is 1. The molecule has 2 rings (SSSR count). The summed E-state index contributed by atoms with van der Waals surface area (Å²) in [6.45, 7) is 4.55. The lowest BCUT2D eigenvalue weighted by Crippen LogP contribution is -2.19. The van der Waals surface area contributed by atoms with Crippen molar-refractivity contribution in [2.75, 3.05) is 12.4 Å². The van der Waals surface area contributed by atoms with Crippen molar-refractivity contribution in [1.29, 1.82) is 0 Å². The molecule has 0 amide bonds. The van der Waals surface area contributed by atoms with Gasteiger partial charge in [0.05, 0.1) is 4.90 Å². The first kappa shape index (κ1) is 15.0. The summed E-state index contributed by atoms with van der Waals surface area (Å²) in [5, 5.41) is 3.26. The number of rotatable bonds is 5. The topological polar surface area (TPSA) is 58.2 Å². The summed E-state index contributed by atoms with van der Waals surface area (Å²) >= 11 is 1.73. The molecule has 2 N–H and O–H groups in total. The molecule has 0 fully saturated rings. The van der Waals surface area contributed by atoms with Crippen molar-refractivity contribution < 1.29 is 8.42 Å². The van der Waals surface area contributed by atoms with Crippen LogP contribution in [0.2, 0.25) is 0 Å². The van der Waals surface area contributed by atoms with E-state index in [9.17, 15) is 8.42 Å². The van der Waals surface area contributed by atoms with Gasteiger partial charge in [-0.15, -0.1) is 11.3 Å². The van der Waals surface area contributed by atoms with Crippen molar-refractivity contribution in [3.8, 4) is 0 Å². The van der Waals surface area contributed by atoms with Gasteiger partial charge in [0.2, 0.25) is 10.0 Å². The van der Waals surface area contributed by atoms with Crippen LogP contribution in [0.1, 0.15) is 15.3 Å². The minimum atomic E-state index is -3.42. The van der Waals surface area contributed by atoms with E-state index in [0.29, 0.717) is 11.4 Å². The van der Waals surface area contributed by atoms with Gasteiger partial charge in [0.1, 0.15) is 0 Å². The first-order chi connectivity index (χ1) is 9.42. The summed E-state index contributed by atoms with van der Waals surface area (Å²) < 4.78 is 26.2. The highest BCUT2D eigenvalue weighted by atomic mass is 32.2. The van der Waals surface area contributed by atoms with Gasteiger partial charge in [-0.3, -0.25) is 0 Å². The Morgan fingerprint density at radius 3 is 2.50 bits per heavy atom. The quantitative estimate of drug-likeness (QED) is 0.893. The van der Waals surface area contributed by atoms with Gasteiger partial charge in [-0.1, -0.05) is 6.07 Å². The maximum absolute atomic E-state index is 11.9. The Labute approximate surface area is 123 Å². The molecule has 0 unspecified atom stereocenters. The van der Waals surface area contributed by atoms with Gasteiger partial charge in [-0.25, -0.2) is 13.1 Å². The van der Waals surface area contributed by atoms with Crippen LogP contribution in [0.15, 0.2) is 35.2 Å². The van der Waals surface area contributed by atoms with Crippen LogP contribution in [0.3, 0.4) is 0 Å². The molecule has 0 spiro atoms. The average Bonchev–Trinajstić information content (AvgIpc) is 2.83. The van der Waals surface area contributed by atoms with E-state index in [1.54, 1.807) is 24.3 Å².